The Kier molecular flexibility index (Phi) is 4.97. The molecule has 4 rings (SSSR count). The number of rotatable bonds is 2. The highest BCUT2D eigenvalue weighted by Gasteiger charge is 2.44. The van der Waals surface area contributed by atoms with Crippen LogP contribution < -0.4 is 0 Å². The van der Waals surface area contributed by atoms with Crippen molar-refractivity contribution in [2.45, 2.75) is 70.4 Å². The van der Waals surface area contributed by atoms with Crippen LogP contribution in [0.15, 0.2) is 10.6 Å². The Bertz CT molecular complexity index is 700. The van der Waals surface area contributed by atoms with Gasteiger partial charge in [0.1, 0.15) is 0 Å². The molecule has 148 valence electrons. The first-order valence-corrected chi connectivity index (χ1v) is 10.2. The minimum Gasteiger partial charge on any atom is -0.393 e. The number of aliphatic hydroxyl groups is 1. The first kappa shape index (κ1) is 18.5. The second-order valence-corrected chi connectivity index (χ2v) is 8.61. The average molecular weight is 375 g/mol. The van der Waals surface area contributed by atoms with Crippen LogP contribution >= 0.6 is 0 Å². The van der Waals surface area contributed by atoms with Gasteiger partial charge in [-0.25, -0.2) is 0 Å². The summed E-state index contributed by atoms with van der Waals surface area (Å²) in [6.45, 7) is 4.01. The molecule has 1 aliphatic carbocycles. The molecule has 1 saturated carbocycles. The molecular formula is C20H29N3O4. The van der Waals surface area contributed by atoms with Crippen molar-refractivity contribution in [2.75, 3.05) is 19.6 Å². The van der Waals surface area contributed by atoms with Crippen LogP contribution in [-0.4, -0.2) is 63.7 Å². The number of aryl methyl sites for hydroxylation is 1. The number of nitrogens with zero attached hydrogens (tertiary/aromatic N) is 3. The van der Waals surface area contributed by atoms with E-state index in [4.69, 9.17) is 4.52 Å². The highest BCUT2D eigenvalue weighted by molar-refractivity contribution is 5.91. The molecule has 3 fully saturated rings. The maximum absolute atomic E-state index is 12.6. The van der Waals surface area contributed by atoms with E-state index in [0.29, 0.717) is 31.0 Å². The number of aliphatic hydroxyl groups excluding tert-OH is 1. The first-order valence-electron chi connectivity index (χ1n) is 10.2. The lowest BCUT2D eigenvalue weighted by Gasteiger charge is -2.50. The van der Waals surface area contributed by atoms with Crippen molar-refractivity contribution < 1.29 is 19.2 Å². The van der Waals surface area contributed by atoms with Crippen LogP contribution in [0.1, 0.15) is 67.6 Å². The standard InChI is InChI=1S/C20H29N3O4/c1-14-12-17(27-21-14)19(26)22-10-8-20(9-11-22)7-6-18(25)23(13-20)15-2-4-16(24)5-3-15/h12,15-16,24H,2-11,13H2,1H3. The summed E-state index contributed by atoms with van der Waals surface area (Å²) in [7, 11) is 0. The van der Waals surface area contributed by atoms with Crippen molar-refractivity contribution in [2.24, 2.45) is 5.41 Å². The number of hydrogen-bond donors (Lipinski definition) is 1. The van der Waals surface area contributed by atoms with Gasteiger partial charge in [0, 0.05) is 38.2 Å². The molecule has 1 N–H and O–H groups in total. The molecule has 0 bridgehead atoms. The molecule has 1 aromatic rings. The predicted octanol–water partition coefficient (Wildman–Crippen LogP) is 2.13. The van der Waals surface area contributed by atoms with E-state index in [1.165, 1.54) is 0 Å². The Hall–Kier alpha value is -1.89. The van der Waals surface area contributed by atoms with Crippen molar-refractivity contribution in [3.05, 3.63) is 17.5 Å². The number of likely N-dealkylation sites (tertiary alicyclic amines) is 2. The predicted molar refractivity (Wildman–Crippen MR) is 98.0 cm³/mol. The van der Waals surface area contributed by atoms with Gasteiger partial charge in [-0.1, -0.05) is 5.16 Å². The summed E-state index contributed by atoms with van der Waals surface area (Å²) in [6, 6.07) is 1.96. The molecule has 3 aliphatic rings. The van der Waals surface area contributed by atoms with Crippen molar-refractivity contribution in [3.63, 3.8) is 0 Å². The Morgan fingerprint density at radius 1 is 1.22 bits per heavy atom. The number of carbonyl (C=O) groups excluding carboxylic acids is 2. The average Bonchev–Trinajstić information content (AvgIpc) is 3.11. The van der Waals surface area contributed by atoms with Crippen LogP contribution in [-0.2, 0) is 4.79 Å². The largest absolute Gasteiger partial charge is 0.393 e. The normalized spacial score (nSPS) is 28.6. The van der Waals surface area contributed by atoms with Crippen molar-refractivity contribution in [1.82, 2.24) is 15.0 Å². The Morgan fingerprint density at radius 3 is 2.56 bits per heavy atom. The molecule has 2 aliphatic heterocycles. The summed E-state index contributed by atoms with van der Waals surface area (Å²) in [5.41, 5.74) is 0.837. The second-order valence-electron chi connectivity index (χ2n) is 8.61. The molecule has 2 amide bonds. The zero-order valence-corrected chi connectivity index (χ0v) is 16.0. The van der Waals surface area contributed by atoms with Gasteiger partial charge in [0.15, 0.2) is 0 Å². The summed E-state index contributed by atoms with van der Waals surface area (Å²) in [5, 5.41) is 13.6. The molecule has 2 saturated heterocycles. The monoisotopic (exact) mass is 375 g/mol. The van der Waals surface area contributed by atoms with Crippen molar-refractivity contribution >= 4 is 11.8 Å². The van der Waals surface area contributed by atoms with Crippen LogP contribution in [0.5, 0.6) is 0 Å². The van der Waals surface area contributed by atoms with Gasteiger partial charge in [-0.15, -0.1) is 0 Å². The van der Waals surface area contributed by atoms with E-state index >= 15 is 0 Å². The number of hydrogen-bond acceptors (Lipinski definition) is 5. The molecule has 7 nitrogen and oxygen atoms in total. The fourth-order valence-corrected chi connectivity index (χ4v) is 4.96. The van der Waals surface area contributed by atoms with E-state index in [1.54, 1.807) is 6.07 Å². The fraction of sp³-hybridized carbons (Fsp3) is 0.750. The summed E-state index contributed by atoms with van der Waals surface area (Å²) in [4.78, 5) is 29.1. The van der Waals surface area contributed by atoms with E-state index < -0.39 is 0 Å². The maximum Gasteiger partial charge on any atom is 0.292 e. The molecule has 27 heavy (non-hydrogen) atoms. The molecule has 0 aromatic carbocycles. The van der Waals surface area contributed by atoms with Crippen LogP contribution in [0, 0.1) is 12.3 Å². The lowest BCUT2D eigenvalue weighted by Crippen LogP contribution is -2.55. The van der Waals surface area contributed by atoms with Gasteiger partial charge in [0.05, 0.1) is 11.8 Å². The molecule has 0 unspecified atom stereocenters. The van der Waals surface area contributed by atoms with E-state index in [2.05, 4.69) is 10.1 Å². The molecule has 0 radical (unpaired) electrons. The van der Waals surface area contributed by atoms with Gasteiger partial charge in [0.2, 0.25) is 11.7 Å². The number of carbonyl (C=O) groups is 2. The van der Waals surface area contributed by atoms with Gasteiger partial charge >= 0.3 is 0 Å². The topological polar surface area (TPSA) is 86.9 Å². The van der Waals surface area contributed by atoms with Crippen molar-refractivity contribution in [1.29, 1.82) is 0 Å². The van der Waals surface area contributed by atoms with Gasteiger partial charge in [-0.3, -0.25) is 9.59 Å². The van der Waals surface area contributed by atoms with Gasteiger partial charge in [0.25, 0.3) is 5.91 Å². The molecule has 1 spiro atoms. The van der Waals surface area contributed by atoms with Crippen molar-refractivity contribution in [3.8, 4) is 0 Å². The smallest absolute Gasteiger partial charge is 0.292 e. The lowest BCUT2D eigenvalue weighted by molar-refractivity contribution is -0.143. The van der Waals surface area contributed by atoms with Gasteiger partial charge in [-0.05, 0) is 57.3 Å². The number of aromatic nitrogens is 1. The second kappa shape index (κ2) is 7.26. The van der Waals surface area contributed by atoms with Gasteiger partial charge < -0.3 is 19.4 Å². The Labute approximate surface area is 159 Å². The molecule has 1 aromatic heterocycles. The van der Waals surface area contributed by atoms with E-state index in [9.17, 15) is 14.7 Å². The van der Waals surface area contributed by atoms with E-state index in [-0.39, 0.29) is 29.4 Å². The molecular weight excluding hydrogens is 346 g/mol. The zero-order chi connectivity index (χ0) is 19.0. The number of amides is 2. The summed E-state index contributed by atoms with van der Waals surface area (Å²) < 4.78 is 5.12. The Balaban J connectivity index is 1.38. The SMILES string of the molecule is Cc1cc(C(=O)N2CCC3(CCC(=O)N(C4CCC(O)CC4)C3)CC2)on1. The zero-order valence-electron chi connectivity index (χ0n) is 16.0. The highest BCUT2D eigenvalue weighted by atomic mass is 16.5. The minimum atomic E-state index is -0.205. The van der Waals surface area contributed by atoms with E-state index in [1.807, 2.05) is 11.8 Å². The number of piperidine rings is 2. The van der Waals surface area contributed by atoms with Crippen LogP contribution in [0.25, 0.3) is 0 Å². The fourth-order valence-electron chi connectivity index (χ4n) is 4.96. The van der Waals surface area contributed by atoms with Crippen LogP contribution in [0.3, 0.4) is 0 Å². The van der Waals surface area contributed by atoms with E-state index in [0.717, 1.165) is 51.5 Å². The minimum absolute atomic E-state index is 0.0875. The van der Waals surface area contributed by atoms with Gasteiger partial charge in [-0.2, -0.15) is 0 Å². The highest BCUT2D eigenvalue weighted by Crippen LogP contribution is 2.42. The molecule has 7 heteroatoms. The third-order valence-corrected chi connectivity index (χ3v) is 6.75. The third kappa shape index (κ3) is 3.74. The molecule has 3 heterocycles. The van der Waals surface area contributed by atoms with Crippen LogP contribution in [0.2, 0.25) is 0 Å². The summed E-state index contributed by atoms with van der Waals surface area (Å²) in [6.07, 6.45) is 6.55. The molecule has 0 atom stereocenters. The van der Waals surface area contributed by atoms with Crippen LogP contribution in [0.4, 0.5) is 0 Å². The summed E-state index contributed by atoms with van der Waals surface area (Å²) in [5.74, 6) is 0.484. The Morgan fingerprint density at radius 2 is 1.93 bits per heavy atom. The summed E-state index contributed by atoms with van der Waals surface area (Å²) >= 11 is 0. The third-order valence-electron chi connectivity index (χ3n) is 6.75. The lowest BCUT2D eigenvalue weighted by atomic mass is 9.71. The first-order chi connectivity index (χ1) is 13.0. The maximum atomic E-state index is 12.6. The quantitative estimate of drug-likeness (QED) is 0.856.